The molecule has 4 rings (SSSR count). The molecule has 1 saturated heterocycles. The average Bonchev–Trinajstić information content (AvgIpc) is 3.14. The molecule has 0 saturated carbocycles. The average molecular weight is 373 g/mol. The number of rotatable bonds is 4. The van der Waals surface area contributed by atoms with E-state index in [0.717, 1.165) is 35.6 Å². The maximum Gasteiger partial charge on any atom is 0.189 e. The Morgan fingerprint density at radius 2 is 2.15 bits per heavy atom. The van der Waals surface area contributed by atoms with Gasteiger partial charge in [0.2, 0.25) is 0 Å². The molecule has 0 spiro atoms. The highest BCUT2D eigenvalue weighted by Gasteiger charge is 2.31. The lowest BCUT2D eigenvalue weighted by Crippen LogP contribution is -2.23. The second-order valence-electron chi connectivity index (χ2n) is 7.12. The van der Waals surface area contributed by atoms with Gasteiger partial charge < -0.3 is 10.1 Å². The van der Waals surface area contributed by atoms with Crippen LogP contribution in [0.15, 0.2) is 35.1 Å². The van der Waals surface area contributed by atoms with E-state index in [4.69, 9.17) is 11.6 Å². The molecular weight excluding hydrogens is 352 g/mol. The molecule has 0 bridgehead atoms. The number of fused-ring (bicyclic) bond motifs is 1. The van der Waals surface area contributed by atoms with Gasteiger partial charge in [0.1, 0.15) is 0 Å². The van der Waals surface area contributed by atoms with Crippen LogP contribution in [0, 0.1) is 12.8 Å². The van der Waals surface area contributed by atoms with Gasteiger partial charge in [0.25, 0.3) is 0 Å². The standard InChI is InChI=1S/C19H21ClN4O2/c1-11-4-14(23-22-11)5-12-8-24(10-19(12)26)9-15-7-18(25)16-6-13(20)2-3-17(16)21-15/h2-4,6-7,12,19,26H,5,8-10H2,1H3,(H,21,25)(H,22,23). The maximum atomic E-state index is 12.3. The van der Waals surface area contributed by atoms with E-state index in [0.29, 0.717) is 23.5 Å². The minimum absolute atomic E-state index is 0.0421. The lowest BCUT2D eigenvalue weighted by Gasteiger charge is -2.15. The Kier molecular flexibility index (Phi) is 4.56. The van der Waals surface area contributed by atoms with Gasteiger partial charge in [-0.15, -0.1) is 0 Å². The van der Waals surface area contributed by atoms with Crippen LogP contribution < -0.4 is 5.43 Å². The molecule has 1 aromatic carbocycles. The van der Waals surface area contributed by atoms with Gasteiger partial charge in [-0.2, -0.15) is 5.10 Å². The highest BCUT2D eigenvalue weighted by molar-refractivity contribution is 6.31. The number of hydrogen-bond acceptors (Lipinski definition) is 4. The molecule has 6 nitrogen and oxygen atoms in total. The number of aliphatic hydroxyl groups is 1. The molecule has 3 heterocycles. The SMILES string of the molecule is Cc1cc(CC2CN(Cc3cc(=O)c4cc(Cl)ccc4[nH]3)CC2O)n[nH]1. The normalized spacial score (nSPS) is 20.9. The monoisotopic (exact) mass is 372 g/mol. The van der Waals surface area contributed by atoms with Crippen LogP contribution in [0.3, 0.4) is 0 Å². The van der Waals surface area contributed by atoms with E-state index in [1.807, 2.05) is 19.1 Å². The summed E-state index contributed by atoms with van der Waals surface area (Å²) in [4.78, 5) is 17.8. The predicted molar refractivity (Wildman–Crippen MR) is 101 cm³/mol. The summed E-state index contributed by atoms with van der Waals surface area (Å²) < 4.78 is 0. The zero-order valence-corrected chi connectivity index (χ0v) is 15.3. The Morgan fingerprint density at radius 3 is 2.92 bits per heavy atom. The van der Waals surface area contributed by atoms with E-state index in [-0.39, 0.29) is 11.3 Å². The van der Waals surface area contributed by atoms with Crippen LogP contribution in [0.25, 0.3) is 10.9 Å². The van der Waals surface area contributed by atoms with E-state index < -0.39 is 6.10 Å². The van der Waals surface area contributed by atoms with Crippen molar-refractivity contribution in [3.05, 3.63) is 62.7 Å². The van der Waals surface area contributed by atoms with Crippen molar-refractivity contribution in [1.29, 1.82) is 0 Å². The van der Waals surface area contributed by atoms with Gasteiger partial charge in [-0.05, 0) is 37.6 Å². The van der Waals surface area contributed by atoms with Gasteiger partial charge in [0, 0.05) is 58.9 Å². The lowest BCUT2D eigenvalue weighted by molar-refractivity contribution is 0.140. The van der Waals surface area contributed by atoms with Gasteiger partial charge >= 0.3 is 0 Å². The number of β-amino-alcohol motifs (C(OH)–C–C–N with tert-alkyl or cyclic N) is 1. The maximum absolute atomic E-state index is 12.3. The molecule has 1 fully saturated rings. The van der Waals surface area contributed by atoms with Crippen LogP contribution in [0.1, 0.15) is 17.1 Å². The van der Waals surface area contributed by atoms with E-state index >= 15 is 0 Å². The minimum Gasteiger partial charge on any atom is -0.391 e. The van der Waals surface area contributed by atoms with Crippen molar-refractivity contribution in [3.63, 3.8) is 0 Å². The number of aromatic nitrogens is 3. The number of hydrogen-bond donors (Lipinski definition) is 3. The Bertz CT molecular complexity index is 997. The fourth-order valence-electron chi connectivity index (χ4n) is 3.72. The predicted octanol–water partition coefficient (Wildman–Crippen LogP) is 2.25. The topological polar surface area (TPSA) is 85.0 Å². The summed E-state index contributed by atoms with van der Waals surface area (Å²) in [5, 5.41) is 18.7. The summed E-state index contributed by atoms with van der Waals surface area (Å²) in [6.45, 7) is 3.93. The highest BCUT2D eigenvalue weighted by atomic mass is 35.5. The second kappa shape index (κ2) is 6.87. The summed E-state index contributed by atoms with van der Waals surface area (Å²) in [7, 11) is 0. The number of nitrogens with zero attached hydrogens (tertiary/aromatic N) is 2. The lowest BCUT2D eigenvalue weighted by atomic mass is 10.0. The number of nitrogens with one attached hydrogen (secondary N) is 2. The van der Waals surface area contributed by atoms with Crippen molar-refractivity contribution in [2.24, 2.45) is 5.92 Å². The summed E-state index contributed by atoms with van der Waals surface area (Å²) in [5.74, 6) is 0.142. The zero-order chi connectivity index (χ0) is 18.3. The number of pyridine rings is 1. The van der Waals surface area contributed by atoms with Crippen molar-refractivity contribution < 1.29 is 5.11 Å². The summed E-state index contributed by atoms with van der Waals surface area (Å²) in [6, 6.07) is 8.91. The molecule has 3 N–H and O–H groups in total. The van der Waals surface area contributed by atoms with Crippen LogP contribution in [-0.2, 0) is 13.0 Å². The Morgan fingerprint density at radius 1 is 1.31 bits per heavy atom. The molecule has 0 amide bonds. The number of aliphatic hydroxyl groups excluding tert-OH is 1. The van der Waals surface area contributed by atoms with Crippen molar-refractivity contribution in [2.45, 2.75) is 26.0 Å². The van der Waals surface area contributed by atoms with E-state index in [9.17, 15) is 9.90 Å². The van der Waals surface area contributed by atoms with Crippen molar-refractivity contribution >= 4 is 22.5 Å². The van der Waals surface area contributed by atoms with Crippen LogP contribution in [0.2, 0.25) is 5.02 Å². The van der Waals surface area contributed by atoms with Crippen LogP contribution in [-0.4, -0.2) is 44.4 Å². The van der Waals surface area contributed by atoms with Crippen LogP contribution in [0.5, 0.6) is 0 Å². The number of likely N-dealkylation sites (tertiary alicyclic amines) is 1. The molecule has 2 atom stereocenters. The summed E-state index contributed by atoms with van der Waals surface area (Å²) in [6.07, 6.45) is 0.354. The molecule has 0 aliphatic carbocycles. The molecule has 136 valence electrons. The van der Waals surface area contributed by atoms with Gasteiger partial charge in [-0.1, -0.05) is 11.6 Å². The molecule has 1 aliphatic rings. The summed E-state index contributed by atoms with van der Waals surface area (Å²) in [5.41, 5.74) is 3.58. The number of H-pyrrole nitrogens is 2. The fraction of sp³-hybridized carbons (Fsp3) is 0.368. The third kappa shape index (κ3) is 3.53. The van der Waals surface area contributed by atoms with Gasteiger partial charge in [0.15, 0.2) is 5.43 Å². The molecular formula is C19H21ClN4O2. The zero-order valence-electron chi connectivity index (χ0n) is 14.5. The Balaban J connectivity index is 1.48. The van der Waals surface area contributed by atoms with Crippen LogP contribution in [0.4, 0.5) is 0 Å². The Labute approximate surface area is 155 Å². The smallest absolute Gasteiger partial charge is 0.189 e. The minimum atomic E-state index is -0.391. The number of halogens is 1. The van der Waals surface area contributed by atoms with Gasteiger partial charge in [0.05, 0.1) is 11.8 Å². The van der Waals surface area contributed by atoms with Gasteiger partial charge in [-0.25, -0.2) is 0 Å². The Hall–Kier alpha value is -2.15. The van der Waals surface area contributed by atoms with E-state index in [2.05, 4.69) is 20.1 Å². The van der Waals surface area contributed by atoms with Crippen molar-refractivity contribution in [1.82, 2.24) is 20.1 Å². The number of benzene rings is 1. The first-order valence-electron chi connectivity index (χ1n) is 8.71. The first-order chi connectivity index (χ1) is 12.5. The van der Waals surface area contributed by atoms with Crippen molar-refractivity contribution in [3.8, 4) is 0 Å². The first kappa shape index (κ1) is 17.3. The highest BCUT2D eigenvalue weighted by Crippen LogP contribution is 2.23. The summed E-state index contributed by atoms with van der Waals surface area (Å²) >= 11 is 5.97. The van der Waals surface area contributed by atoms with Gasteiger partial charge in [-0.3, -0.25) is 14.8 Å². The number of aromatic amines is 2. The molecule has 2 aromatic heterocycles. The van der Waals surface area contributed by atoms with E-state index in [1.165, 1.54) is 0 Å². The second-order valence-corrected chi connectivity index (χ2v) is 7.55. The molecule has 26 heavy (non-hydrogen) atoms. The first-order valence-corrected chi connectivity index (χ1v) is 9.08. The largest absolute Gasteiger partial charge is 0.391 e. The molecule has 3 aromatic rings. The third-order valence-corrected chi connectivity index (χ3v) is 5.19. The molecule has 1 aliphatic heterocycles. The van der Waals surface area contributed by atoms with Crippen molar-refractivity contribution in [2.75, 3.05) is 13.1 Å². The van der Waals surface area contributed by atoms with E-state index in [1.54, 1.807) is 18.2 Å². The van der Waals surface area contributed by atoms with Crippen LogP contribution >= 0.6 is 11.6 Å². The fourth-order valence-corrected chi connectivity index (χ4v) is 3.89. The third-order valence-electron chi connectivity index (χ3n) is 4.95. The molecule has 0 radical (unpaired) electrons. The molecule has 7 heteroatoms. The number of aryl methyl sites for hydroxylation is 1. The quantitative estimate of drug-likeness (QED) is 0.655. The molecule has 2 unspecified atom stereocenters.